The molecular formula is C12H16ClNO. The molecule has 0 saturated heterocycles. The first-order valence-corrected chi connectivity index (χ1v) is 5.75. The van der Waals surface area contributed by atoms with Gasteiger partial charge >= 0.3 is 0 Å². The van der Waals surface area contributed by atoms with Gasteiger partial charge in [-0.1, -0.05) is 17.7 Å². The van der Waals surface area contributed by atoms with Gasteiger partial charge in [-0.3, -0.25) is 0 Å². The molecule has 1 atom stereocenters. The molecular weight excluding hydrogens is 210 g/mol. The van der Waals surface area contributed by atoms with Crippen molar-refractivity contribution >= 4 is 11.6 Å². The van der Waals surface area contributed by atoms with Crippen molar-refractivity contribution in [3.8, 4) is 5.75 Å². The van der Waals surface area contributed by atoms with E-state index in [2.05, 4.69) is 6.07 Å². The summed E-state index contributed by atoms with van der Waals surface area (Å²) in [5.41, 5.74) is 9.03. The zero-order valence-electron chi connectivity index (χ0n) is 8.89. The Bertz CT molecular complexity index is 388. The van der Waals surface area contributed by atoms with Crippen LogP contribution in [0.25, 0.3) is 0 Å². The van der Waals surface area contributed by atoms with Crippen LogP contribution in [0.1, 0.15) is 30.0 Å². The summed E-state index contributed by atoms with van der Waals surface area (Å²) in [6.07, 6.45) is 3.87. The number of aryl methyl sites for hydroxylation is 1. The highest BCUT2D eigenvalue weighted by Crippen LogP contribution is 2.38. The van der Waals surface area contributed by atoms with E-state index in [0.717, 1.165) is 30.4 Å². The number of hydrogen-bond donors (Lipinski definition) is 2. The lowest BCUT2D eigenvalue weighted by Gasteiger charge is -2.12. The normalized spacial score (nSPS) is 16.5. The molecule has 0 saturated carbocycles. The van der Waals surface area contributed by atoms with E-state index >= 15 is 0 Å². The SMILES string of the molecule is CC(N)Cc1cc2c(c(Cl)c1O)CCC2. The highest BCUT2D eigenvalue weighted by atomic mass is 35.5. The van der Waals surface area contributed by atoms with Crippen molar-refractivity contribution in [2.45, 2.75) is 38.6 Å². The molecule has 0 aliphatic heterocycles. The van der Waals surface area contributed by atoms with Gasteiger partial charge in [0.15, 0.2) is 0 Å². The zero-order chi connectivity index (χ0) is 11.0. The number of rotatable bonds is 2. The molecule has 1 aromatic rings. The second-order valence-corrected chi connectivity index (χ2v) is 4.75. The van der Waals surface area contributed by atoms with Gasteiger partial charge in [0.05, 0.1) is 5.02 Å². The number of fused-ring (bicyclic) bond motifs is 1. The third kappa shape index (κ3) is 1.97. The highest BCUT2D eigenvalue weighted by Gasteiger charge is 2.20. The van der Waals surface area contributed by atoms with E-state index in [1.807, 2.05) is 6.92 Å². The number of benzene rings is 1. The molecule has 0 radical (unpaired) electrons. The quantitative estimate of drug-likeness (QED) is 0.812. The van der Waals surface area contributed by atoms with Crippen molar-refractivity contribution in [1.29, 1.82) is 0 Å². The number of hydrogen-bond acceptors (Lipinski definition) is 2. The van der Waals surface area contributed by atoms with Crippen molar-refractivity contribution in [3.63, 3.8) is 0 Å². The van der Waals surface area contributed by atoms with E-state index in [0.29, 0.717) is 11.4 Å². The molecule has 2 rings (SSSR count). The van der Waals surface area contributed by atoms with Gasteiger partial charge in [-0.15, -0.1) is 0 Å². The van der Waals surface area contributed by atoms with Gasteiger partial charge < -0.3 is 10.8 Å². The van der Waals surface area contributed by atoms with Crippen LogP contribution >= 0.6 is 11.6 Å². The monoisotopic (exact) mass is 225 g/mol. The smallest absolute Gasteiger partial charge is 0.137 e. The Hall–Kier alpha value is -0.730. The van der Waals surface area contributed by atoms with Crippen molar-refractivity contribution in [2.75, 3.05) is 0 Å². The number of nitrogens with two attached hydrogens (primary N) is 1. The predicted molar refractivity (Wildman–Crippen MR) is 62.5 cm³/mol. The van der Waals surface area contributed by atoms with Crippen molar-refractivity contribution in [2.24, 2.45) is 5.73 Å². The van der Waals surface area contributed by atoms with E-state index in [9.17, 15) is 5.11 Å². The molecule has 2 nitrogen and oxygen atoms in total. The van der Waals surface area contributed by atoms with Crippen molar-refractivity contribution in [1.82, 2.24) is 0 Å². The molecule has 0 bridgehead atoms. The van der Waals surface area contributed by atoms with Crippen LogP contribution in [-0.4, -0.2) is 11.1 Å². The molecule has 0 fully saturated rings. The van der Waals surface area contributed by atoms with Gasteiger partial charge in [0.2, 0.25) is 0 Å². The summed E-state index contributed by atoms with van der Waals surface area (Å²) in [6.45, 7) is 1.93. The van der Waals surface area contributed by atoms with E-state index in [-0.39, 0.29) is 11.8 Å². The summed E-state index contributed by atoms with van der Waals surface area (Å²) in [4.78, 5) is 0. The Morgan fingerprint density at radius 3 is 2.93 bits per heavy atom. The van der Waals surface area contributed by atoms with Crippen LogP contribution in [0.15, 0.2) is 6.07 Å². The van der Waals surface area contributed by atoms with Gasteiger partial charge in [0, 0.05) is 6.04 Å². The van der Waals surface area contributed by atoms with Gasteiger partial charge in [0.25, 0.3) is 0 Å². The summed E-state index contributed by atoms with van der Waals surface area (Å²) in [7, 11) is 0. The van der Waals surface area contributed by atoms with Gasteiger partial charge in [-0.25, -0.2) is 0 Å². The molecule has 1 unspecified atom stereocenters. The van der Waals surface area contributed by atoms with Gasteiger partial charge in [-0.05, 0) is 49.3 Å². The maximum absolute atomic E-state index is 9.92. The minimum Gasteiger partial charge on any atom is -0.506 e. The average Bonchev–Trinajstić information content (AvgIpc) is 2.61. The first-order valence-electron chi connectivity index (χ1n) is 5.37. The third-order valence-corrected chi connectivity index (χ3v) is 3.34. The zero-order valence-corrected chi connectivity index (χ0v) is 9.64. The lowest BCUT2D eigenvalue weighted by molar-refractivity contribution is 0.465. The van der Waals surface area contributed by atoms with Gasteiger partial charge in [-0.2, -0.15) is 0 Å². The fourth-order valence-corrected chi connectivity index (χ4v) is 2.58. The van der Waals surface area contributed by atoms with Gasteiger partial charge in [0.1, 0.15) is 5.75 Å². The average molecular weight is 226 g/mol. The van der Waals surface area contributed by atoms with Crippen LogP contribution in [0.3, 0.4) is 0 Å². The second-order valence-electron chi connectivity index (χ2n) is 4.37. The van der Waals surface area contributed by atoms with Crippen LogP contribution < -0.4 is 5.73 Å². The summed E-state index contributed by atoms with van der Waals surface area (Å²) in [5, 5.41) is 10.5. The first kappa shape index (κ1) is 10.8. The Morgan fingerprint density at radius 2 is 2.27 bits per heavy atom. The lowest BCUT2D eigenvalue weighted by atomic mass is 10.0. The lowest BCUT2D eigenvalue weighted by Crippen LogP contribution is -2.18. The third-order valence-electron chi connectivity index (χ3n) is 2.93. The summed E-state index contributed by atoms with van der Waals surface area (Å²) in [6, 6.07) is 2.11. The molecule has 0 amide bonds. The molecule has 3 N–H and O–H groups in total. The molecule has 0 heterocycles. The Labute approximate surface area is 95.1 Å². The highest BCUT2D eigenvalue weighted by molar-refractivity contribution is 6.33. The summed E-state index contributed by atoms with van der Waals surface area (Å²) in [5.74, 6) is 0.231. The predicted octanol–water partition coefficient (Wildman–Crippen LogP) is 2.42. The fraction of sp³-hybridized carbons (Fsp3) is 0.500. The number of halogens is 1. The first-order chi connectivity index (χ1) is 7.09. The minimum atomic E-state index is 0.0476. The van der Waals surface area contributed by atoms with Crippen LogP contribution in [0.4, 0.5) is 0 Å². The summed E-state index contributed by atoms with van der Waals surface area (Å²) >= 11 is 6.14. The molecule has 3 heteroatoms. The molecule has 1 aliphatic carbocycles. The van der Waals surface area contributed by atoms with E-state index in [1.54, 1.807) is 0 Å². The van der Waals surface area contributed by atoms with Crippen molar-refractivity contribution < 1.29 is 5.11 Å². The van der Waals surface area contributed by atoms with E-state index < -0.39 is 0 Å². The maximum atomic E-state index is 9.92. The Balaban J connectivity index is 2.44. The topological polar surface area (TPSA) is 46.2 Å². The molecule has 1 aromatic carbocycles. The van der Waals surface area contributed by atoms with E-state index in [1.165, 1.54) is 5.56 Å². The molecule has 0 aromatic heterocycles. The number of phenols is 1. The standard InChI is InChI=1S/C12H16ClNO/c1-7(14)5-9-6-8-3-2-4-10(8)11(13)12(9)15/h6-7,15H,2-5,14H2,1H3. The fourth-order valence-electron chi connectivity index (χ4n) is 2.24. The Morgan fingerprint density at radius 1 is 1.53 bits per heavy atom. The van der Waals surface area contributed by atoms with Crippen LogP contribution in [0.2, 0.25) is 5.02 Å². The maximum Gasteiger partial charge on any atom is 0.137 e. The summed E-state index contributed by atoms with van der Waals surface area (Å²) < 4.78 is 0. The molecule has 15 heavy (non-hydrogen) atoms. The van der Waals surface area contributed by atoms with E-state index in [4.69, 9.17) is 17.3 Å². The van der Waals surface area contributed by atoms with Crippen LogP contribution in [0, 0.1) is 0 Å². The van der Waals surface area contributed by atoms with Crippen LogP contribution in [-0.2, 0) is 19.3 Å². The number of aromatic hydroxyl groups is 1. The molecule has 82 valence electrons. The second kappa shape index (κ2) is 4.03. The molecule has 0 spiro atoms. The largest absolute Gasteiger partial charge is 0.506 e. The number of phenolic OH excluding ortho intramolecular Hbond substituents is 1. The Kier molecular flexibility index (Phi) is 2.89. The molecule has 1 aliphatic rings. The van der Waals surface area contributed by atoms with Crippen molar-refractivity contribution in [3.05, 3.63) is 27.8 Å². The van der Waals surface area contributed by atoms with Crippen LogP contribution in [0.5, 0.6) is 5.75 Å². The minimum absolute atomic E-state index is 0.0476.